The number of aryl methyl sites for hydroxylation is 3. The standard InChI is InChI=1S/C33H30N2O5/c1-18-24-13-26-30(22-8-5-4-6-9-22)20(3)39-32(26)19(2)31(24)40-33(38)25(18)14-29(37)34-15-21-12-23(17-34)27-10-7-11-28(36)35(27)16-21/h4-11,13,21,23H,12,14-17H2,1-3H3/t21-,23+/m0/s1. The summed E-state index contributed by atoms with van der Waals surface area (Å²) in [5, 5.41) is 1.77. The maximum atomic E-state index is 13.6. The number of hydrogen-bond acceptors (Lipinski definition) is 5. The van der Waals surface area contributed by atoms with Crippen molar-refractivity contribution in [3.8, 4) is 11.1 Å². The Balaban J connectivity index is 1.26. The molecule has 0 aliphatic carbocycles. The molecular weight excluding hydrogens is 504 g/mol. The zero-order valence-electron chi connectivity index (χ0n) is 22.8. The van der Waals surface area contributed by atoms with E-state index >= 15 is 0 Å². The van der Waals surface area contributed by atoms with Gasteiger partial charge >= 0.3 is 5.63 Å². The molecule has 5 aromatic rings. The molecule has 2 aliphatic heterocycles. The number of likely N-dealkylation sites (tertiary alicyclic amines) is 1. The van der Waals surface area contributed by atoms with E-state index in [-0.39, 0.29) is 29.7 Å². The summed E-state index contributed by atoms with van der Waals surface area (Å²) in [7, 11) is 0. The van der Waals surface area contributed by atoms with E-state index in [9.17, 15) is 14.4 Å². The van der Waals surface area contributed by atoms with Crippen LogP contribution in [0.15, 0.2) is 73.0 Å². The Morgan fingerprint density at radius 3 is 2.45 bits per heavy atom. The molecule has 2 aromatic carbocycles. The highest BCUT2D eigenvalue weighted by Crippen LogP contribution is 2.40. The summed E-state index contributed by atoms with van der Waals surface area (Å²) >= 11 is 0. The first-order valence-corrected chi connectivity index (χ1v) is 13.8. The summed E-state index contributed by atoms with van der Waals surface area (Å²) in [5.74, 6) is 1.06. The van der Waals surface area contributed by atoms with Gasteiger partial charge in [0.15, 0.2) is 0 Å². The van der Waals surface area contributed by atoms with Gasteiger partial charge in [0.2, 0.25) is 5.91 Å². The normalized spacial score (nSPS) is 18.3. The minimum atomic E-state index is -0.485. The number of benzene rings is 2. The highest BCUT2D eigenvalue weighted by Gasteiger charge is 2.36. The number of aromatic nitrogens is 1. The Labute approximate surface area is 230 Å². The highest BCUT2D eigenvalue weighted by atomic mass is 16.4. The SMILES string of the molecule is Cc1oc2c(C)c3oc(=O)c(CC(=O)N4C[C@@H]5C[C@H](C4)c4cccc(=O)n4C5)c(C)c3cc2c1-c1ccccc1. The van der Waals surface area contributed by atoms with Crippen LogP contribution in [0.1, 0.15) is 40.5 Å². The van der Waals surface area contributed by atoms with Crippen LogP contribution in [0, 0.1) is 26.7 Å². The highest BCUT2D eigenvalue weighted by molar-refractivity contribution is 6.06. The van der Waals surface area contributed by atoms with E-state index in [4.69, 9.17) is 8.83 Å². The first kappa shape index (κ1) is 24.6. The minimum Gasteiger partial charge on any atom is -0.460 e. The first-order chi connectivity index (χ1) is 19.3. The van der Waals surface area contributed by atoms with Gasteiger partial charge in [-0.2, -0.15) is 0 Å². The quantitative estimate of drug-likeness (QED) is 0.286. The van der Waals surface area contributed by atoms with Crippen molar-refractivity contribution in [2.45, 2.75) is 46.1 Å². The van der Waals surface area contributed by atoms with Gasteiger partial charge in [-0.15, -0.1) is 0 Å². The third kappa shape index (κ3) is 3.75. The summed E-state index contributed by atoms with van der Waals surface area (Å²) in [4.78, 5) is 41.1. The van der Waals surface area contributed by atoms with Gasteiger partial charge in [0.1, 0.15) is 16.9 Å². The number of nitrogens with zero attached hydrogens (tertiary/aromatic N) is 2. The van der Waals surface area contributed by atoms with Crippen LogP contribution in [0.2, 0.25) is 0 Å². The Morgan fingerprint density at radius 2 is 1.65 bits per heavy atom. The molecule has 0 N–H and O–H groups in total. The number of piperidine rings is 1. The van der Waals surface area contributed by atoms with Gasteiger partial charge in [0.05, 0.1) is 12.0 Å². The molecule has 7 rings (SSSR count). The van der Waals surface area contributed by atoms with Crippen molar-refractivity contribution in [2.75, 3.05) is 13.1 Å². The third-order valence-electron chi connectivity index (χ3n) is 8.86. The molecule has 0 radical (unpaired) electrons. The van der Waals surface area contributed by atoms with Crippen molar-refractivity contribution in [3.05, 3.63) is 104 Å². The minimum absolute atomic E-state index is 0.0157. The van der Waals surface area contributed by atoms with Crippen LogP contribution in [-0.2, 0) is 17.8 Å². The van der Waals surface area contributed by atoms with Gasteiger partial charge < -0.3 is 18.3 Å². The van der Waals surface area contributed by atoms with Crippen molar-refractivity contribution in [1.82, 2.24) is 9.47 Å². The molecule has 202 valence electrons. The second-order valence-electron chi connectivity index (χ2n) is 11.3. The molecule has 0 saturated carbocycles. The lowest BCUT2D eigenvalue weighted by Crippen LogP contribution is -2.49. The summed E-state index contributed by atoms with van der Waals surface area (Å²) in [6.07, 6.45) is 0.950. The van der Waals surface area contributed by atoms with E-state index in [1.807, 2.05) is 60.6 Å². The third-order valence-corrected chi connectivity index (χ3v) is 8.86. The molecule has 0 unspecified atom stereocenters. The fourth-order valence-electron chi connectivity index (χ4n) is 6.91. The molecule has 2 atom stereocenters. The van der Waals surface area contributed by atoms with E-state index in [0.29, 0.717) is 36.4 Å². The van der Waals surface area contributed by atoms with Crippen molar-refractivity contribution in [2.24, 2.45) is 5.92 Å². The van der Waals surface area contributed by atoms with Crippen LogP contribution in [0.4, 0.5) is 0 Å². The Hall–Kier alpha value is -4.39. The molecule has 7 heteroatoms. The zero-order chi connectivity index (χ0) is 27.7. The topological polar surface area (TPSA) is 85.7 Å². The molecule has 2 bridgehead atoms. The summed E-state index contributed by atoms with van der Waals surface area (Å²) in [5.41, 5.74) is 5.72. The maximum Gasteiger partial charge on any atom is 0.340 e. The molecular formula is C33H30N2O5. The van der Waals surface area contributed by atoms with Crippen molar-refractivity contribution in [1.29, 1.82) is 0 Å². The number of fused-ring (bicyclic) bond motifs is 6. The lowest BCUT2D eigenvalue weighted by molar-refractivity contribution is -0.133. The number of furan rings is 1. The Bertz CT molecular complexity index is 1950. The number of rotatable bonds is 3. The molecule has 2 aliphatic rings. The number of carbonyl (C=O) groups excluding carboxylic acids is 1. The van der Waals surface area contributed by atoms with Gasteiger partial charge in [-0.3, -0.25) is 9.59 Å². The van der Waals surface area contributed by atoms with E-state index in [0.717, 1.165) is 50.9 Å². The van der Waals surface area contributed by atoms with Crippen molar-refractivity contribution in [3.63, 3.8) is 0 Å². The van der Waals surface area contributed by atoms with Crippen LogP contribution in [0.25, 0.3) is 33.1 Å². The molecule has 1 saturated heterocycles. The number of carbonyl (C=O) groups is 1. The van der Waals surface area contributed by atoms with Crippen LogP contribution >= 0.6 is 0 Å². The molecule has 1 fully saturated rings. The van der Waals surface area contributed by atoms with E-state index in [1.54, 1.807) is 12.1 Å². The maximum absolute atomic E-state index is 13.6. The number of hydrogen-bond donors (Lipinski definition) is 0. The van der Waals surface area contributed by atoms with Gasteiger partial charge in [-0.25, -0.2) is 4.79 Å². The number of pyridine rings is 1. The van der Waals surface area contributed by atoms with Crippen LogP contribution < -0.4 is 11.2 Å². The Kier molecular flexibility index (Phi) is 5.59. The monoisotopic (exact) mass is 534 g/mol. The zero-order valence-corrected chi connectivity index (χ0v) is 22.8. The smallest absolute Gasteiger partial charge is 0.340 e. The predicted octanol–water partition coefficient (Wildman–Crippen LogP) is 5.48. The molecule has 3 aromatic heterocycles. The molecule has 1 amide bonds. The lowest BCUT2D eigenvalue weighted by atomic mass is 9.83. The fourth-order valence-corrected chi connectivity index (χ4v) is 6.91. The summed E-state index contributed by atoms with van der Waals surface area (Å²) in [6.45, 7) is 7.51. The van der Waals surface area contributed by atoms with Gasteiger partial charge in [0, 0.05) is 59.2 Å². The molecule has 0 spiro atoms. The molecule has 7 nitrogen and oxygen atoms in total. The predicted molar refractivity (Wildman–Crippen MR) is 154 cm³/mol. The van der Waals surface area contributed by atoms with Crippen LogP contribution in [0.3, 0.4) is 0 Å². The first-order valence-electron chi connectivity index (χ1n) is 13.8. The second-order valence-corrected chi connectivity index (χ2v) is 11.3. The molecule has 40 heavy (non-hydrogen) atoms. The van der Waals surface area contributed by atoms with Crippen molar-refractivity contribution >= 4 is 27.8 Å². The van der Waals surface area contributed by atoms with Gasteiger partial charge in [-0.1, -0.05) is 36.4 Å². The van der Waals surface area contributed by atoms with Crippen LogP contribution in [0.5, 0.6) is 0 Å². The van der Waals surface area contributed by atoms with E-state index in [1.165, 1.54) is 0 Å². The fraction of sp³-hybridized carbons (Fsp3) is 0.303. The van der Waals surface area contributed by atoms with E-state index < -0.39 is 5.63 Å². The van der Waals surface area contributed by atoms with Gasteiger partial charge in [0.25, 0.3) is 5.56 Å². The summed E-state index contributed by atoms with van der Waals surface area (Å²) < 4.78 is 13.9. The summed E-state index contributed by atoms with van der Waals surface area (Å²) in [6, 6.07) is 17.5. The second kappa shape index (κ2) is 9.08. The average Bonchev–Trinajstić information content (AvgIpc) is 3.28. The van der Waals surface area contributed by atoms with E-state index in [2.05, 4.69) is 12.1 Å². The number of amides is 1. The lowest BCUT2D eigenvalue weighted by Gasteiger charge is -2.42. The van der Waals surface area contributed by atoms with Crippen LogP contribution in [-0.4, -0.2) is 28.5 Å². The van der Waals surface area contributed by atoms with Crippen molar-refractivity contribution < 1.29 is 13.6 Å². The largest absolute Gasteiger partial charge is 0.460 e. The molecule has 5 heterocycles. The Morgan fingerprint density at radius 1 is 0.875 bits per heavy atom. The average molecular weight is 535 g/mol. The van der Waals surface area contributed by atoms with Gasteiger partial charge in [-0.05, 0) is 56.4 Å².